The number of benzene rings is 1. The first-order valence-electron chi connectivity index (χ1n) is 10.1. The lowest BCUT2D eigenvalue weighted by molar-refractivity contribution is -0.137. The summed E-state index contributed by atoms with van der Waals surface area (Å²) in [5, 5.41) is 0. The van der Waals surface area contributed by atoms with E-state index in [1.54, 1.807) is 0 Å². The Balaban J connectivity index is 1.53. The van der Waals surface area contributed by atoms with E-state index in [9.17, 15) is 4.79 Å². The molecule has 1 aromatic carbocycles. The minimum absolute atomic E-state index is 0.0772. The van der Waals surface area contributed by atoms with Crippen LogP contribution in [0, 0.1) is 6.92 Å². The van der Waals surface area contributed by atoms with Gasteiger partial charge in [-0.2, -0.15) is 0 Å². The minimum Gasteiger partial charge on any atom is -0.441 e. The highest BCUT2D eigenvalue weighted by molar-refractivity contribution is 5.77. The van der Waals surface area contributed by atoms with Gasteiger partial charge in [-0.05, 0) is 43.9 Å². The Morgan fingerprint density at radius 3 is 2.44 bits per heavy atom. The molecule has 2 heterocycles. The maximum Gasteiger partial charge on any atom is 0.248 e. The molecule has 1 fully saturated rings. The quantitative estimate of drug-likeness (QED) is 0.750. The Morgan fingerprint density at radius 1 is 1.11 bits per heavy atom. The first-order chi connectivity index (χ1) is 13.2. The molecule has 5 heteroatoms. The molecule has 2 aromatic rings. The van der Waals surface area contributed by atoms with E-state index in [0.717, 1.165) is 49.4 Å². The Hall–Kier alpha value is -2.14. The van der Waals surface area contributed by atoms with E-state index in [1.165, 1.54) is 24.8 Å². The van der Waals surface area contributed by atoms with Crippen molar-refractivity contribution in [2.24, 2.45) is 0 Å². The van der Waals surface area contributed by atoms with Crippen LogP contribution in [0.3, 0.4) is 0 Å². The van der Waals surface area contributed by atoms with E-state index >= 15 is 0 Å². The maximum absolute atomic E-state index is 12.4. The second-order valence-corrected chi connectivity index (χ2v) is 7.21. The number of oxazole rings is 1. The first kappa shape index (κ1) is 19.6. The van der Waals surface area contributed by atoms with Gasteiger partial charge in [0, 0.05) is 18.7 Å². The number of amides is 1. The van der Waals surface area contributed by atoms with Crippen molar-refractivity contribution in [2.45, 2.75) is 59.0 Å². The van der Waals surface area contributed by atoms with Gasteiger partial charge in [-0.1, -0.05) is 38.3 Å². The monoisotopic (exact) mass is 370 g/mol. The third kappa shape index (κ3) is 5.42. The second-order valence-electron chi connectivity index (χ2n) is 7.21. The van der Waals surface area contributed by atoms with E-state index < -0.39 is 0 Å². The van der Waals surface area contributed by atoms with E-state index in [1.807, 2.05) is 24.0 Å². The average molecular weight is 370 g/mol. The number of carbonyl (C=O) groups is 1. The number of likely N-dealkylation sites (tertiary alicyclic amines) is 1. The number of carbonyl (C=O) groups excluding carboxylic acids is 1. The van der Waals surface area contributed by atoms with Crippen LogP contribution in [0.15, 0.2) is 28.7 Å². The normalized spacial score (nSPS) is 15.4. The lowest BCUT2D eigenvalue weighted by Gasteiger charge is -2.24. The fourth-order valence-corrected chi connectivity index (χ4v) is 3.39. The number of rotatable bonds is 6. The van der Waals surface area contributed by atoms with Crippen LogP contribution in [0.25, 0.3) is 11.5 Å². The van der Waals surface area contributed by atoms with Gasteiger partial charge in [0.25, 0.3) is 0 Å². The van der Waals surface area contributed by atoms with Gasteiger partial charge in [-0.15, -0.1) is 0 Å². The van der Waals surface area contributed by atoms with Crippen LogP contribution in [-0.2, 0) is 22.6 Å². The molecule has 0 spiro atoms. The number of hydrogen-bond donors (Lipinski definition) is 0. The summed E-state index contributed by atoms with van der Waals surface area (Å²) in [6, 6.07) is 8.24. The molecule has 0 bridgehead atoms. The van der Waals surface area contributed by atoms with Crippen molar-refractivity contribution in [3.8, 4) is 11.5 Å². The van der Waals surface area contributed by atoms with Crippen LogP contribution in [-0.4, -0.2) is 35.5 Å². The molecule has 1 saturated heterocycles. The summed E-state index contributed by atoms with van der Waals surface area (Å²) in [7, 11) is 0. The molecular weight excluding hydrogens is 340 g/mol. The summed E-state index contributed by atoms with van der Waals surface area (Å²) in [5.41, 5.74) is 3.00. The highest BCUT2D eigenvalue weighted by Gasteiger charge is 2.16. The highest BCUT2D eigenvalue weighted by atomic mass is 16.5. The molecule has 0 aliphatic carbocycles. The van der Waals surface area contributed by atoms with E-state index in [0.29, 0.717) is 12.5 Å². The number of aryl methyl sites for hydroxylation is 2. The van der Waals surface area contributed by atoms with Gasteiger partial charge in [-0.3, -0.25) is 4.79 Å². The van der Waals surface area contributed by atoms with E-state index in [2.05, 4.69) is 24.0 Å². The SMILES string of the molecule is CCc1ccc(-c2nc(COCC(=O)N3CCCCCCC3)c(C)o2)cc1. The summed E-state index contributed by atoms with van der Waals surface area (Å²) in [4.78, 5) is 18.9. The van der Waals surface area contributed by atoms with E-state index in [-0.39, 0.29) is 12.5 Å². The Morgan fingerprint density at radius 2 is 1.78 bits per heavy atom. The van der Waals surface area contributed by atoms with Crippen molar-refractivity contribution in [1.82, 2.24) is 9.88 Å². The van der Waals surface area contributed by atoms with Crippen LogP contribution in [0.4, 0.5) is 0 Å². The van der Waals surface area contributed by atoms with Gasteiger partial charge in [0.15, 0.2) is 0 Å². The molecular formula is C22H30N2O3. The predicted molar refractivity (Wildman–Crippen MR) is 105 cm³/mol. The molecule has 1 aliphatic rings. The molecule has 0 atom stereocenters. The van der Waals surface area contributed by atoms with Gasteiger partial charge in [0.1, 0.15) is 18.1 Å². The summed E-state index contributed by atoms with van der Waals surface area (Å²) in [6.45, 7) is 6.12. The van der Waals surface area contributed by atoms with Crippen molar-refractivity contribution in [1.29, 1.82) is 0 Å². The first-order valence-corrected chi connectivity index (χ1v) is 10.1. The van der Waals surface area contributed by atoms with Crippen molar-refractivity contribution >= 4 is 5.91 Å². The van der Waals surface area contributed by atoms with Crippen LogP contribution in [0.1, 0.15) is 56.0 Å². The number of aromatic nitrogens is 1. The Bertz CT molecular complexity index is 729. The van der Waals surface area contributed by atoms with Crippen LogP contribution < -0.4 is 0 Å². The highest BCUT2D eigenvalue weighted by Crippen LogP contribution is 2.23. The molecule has 27 heavy (non-hydrogen) atoms. The largest absolute Gasteiger partial charge is 0.441 e. The number of nitrogens with zero attached hydrogens (tertiary/aromatic N) is 2. The fourth-order valence-electron chi connectivity index (χ4n) is 3.39. The van der Waals surface area contributed by atoms with Gasteiger partial charge in [-0.25, -0.2) is 4.98 Å². The third-order valence-corrected chi connectivity index (χ3v) is 5.17. The predicted octanol–water partition coefficient (Wildman–Crippen LogP) is 4.52. The lowest BCUT2D eigenvalue weighted by atomic mass is 10.1. The van der Waals surface area contributed by atoms with Crippen LogP contribution in [0.5, 0.6) is 0 Å². The molecule has 146 valence electrons. The maximum atomic E-state index is 12.4. The minimum atomic E-state index is 0.0772. The molecule has 0 unspecified atom stereocenters. The van der Waals surface area contributed by atoms with Crippen molar-refractivity contribution in [3.63, 3.8) is 0 Å². The zero-order valence-electron chi connectivity index (χ0n) is 16.5. The summed E-state index contributed by atoms with van der Waals surface area (Å²) in [5.74, 6) is 1.42. The molecule has 1 aliphatic heterocycles. The molecule has 0 N–H and O–H groups in total. The van der Waals surface area contributed by atoms with Crippen LogP contribution >= 0.6 is 0 Å². The van der Waals surface area contributed by atoms with E-state index in [4.69, 9.17) is 9.15 Å². The molecule has 5 nitrogen and oxygen atoms in total. The summed E-state index contributed by atoms with van der Waals surface area (Å²) < 4.78 is 11.5. The van der Waals surface area contributed by atoms with Gasteiger partial charge >= 0.3 is 0 Å². The molecule has 1 amide bonds. The third-order valence-electron chi connectivity index (χ3n) is 5.17. The van der Waals surface area contributed by atoms with Gasteiger partial charge in [0.2, 0.25) is 11.8 Å². The zero-order chi connectivity index (χ0) is 19.1. The Kier molecular flexibility index (Phi) is 7.04. The van der Waals surface area contributed by atoms with Crippen molar-refractivity contribution in [3.05, 3.63) is 41.3 Å². The second kappa shape index (κ2) is 9.70. The smallest absolute Gasteiger partial charge is 0.248 e. The van der Waals surface area contributed by atoms with Crippen molar-refractivity contribution in [2.75, 3.05) is 19.7 Å². The molecule has 1 aromatic heterocycles. The van der Waals surface area contributed by atoms with Crippen LogP contribution in [0.2, 0.25) is 0 Å². The fraction of sp³-hybridized carbons (Fsp3) is 0.545. The number of ether oxygens (including phenoxy) is 1. The average Bonchev–Trinajstić information content (AvgIpc) is 3.02. The standard InChI is InChI=1S/C22H30N2O3/c1-3-18-9-11-19(12-10-18)22-23-20(17(2)27-22)15-26-16-21(25)24-13-7-5-4-6-8-14-24/h9-12H,3-8,13-16H2,1-2H3. The zero-order valence-corrected chi connectivity index (χ0v) is 16.5. The molecule has 3 rings (SSSR count). The molecule has 0 saturated carbocycles. The topological polar surface area (TPSA) is 55.6 Å². The molecule has 0 radical (unpaired) electrons. The Labute approximate surface area is 161 Å². The number of hydrogen-bond acceptors (Lipinski definition) is 4. The summed E-state index contributed by atoms with van der Waals surface area (Å²) in [6.07, 6.45) is 6.90. The lowest BCUT2D eigenvalue weighted by Crippen LogP contribution is -2.36. The van der Waals surface area contributed by atoms with Gasteiger partial charge < -0.3 is 14.1 Å². The summed E-state index contributed by atoms with van der Waals surface area (Å²) >= 11 is 0. The van der Waals surface area contributed by atoms with Gasteiger partial charge in [0.05, 0.1) is 6.61 Å². The van der Waals surface area contributed by atoms with Crippen molar-refractivity contribution < 1.29 is 13.9 Å².